The van der Waals surface area contributed by atoms with Gasteiger partial charge in [-0.25, -0.2) is 8.42 Å². The number of nitrogens with one attached hydrogen (secondary N) is 1. The zero-order chi connectivity index (χ0) is 14.0. The molecule has 0 radical (unpaired) electrons. The SMILES string of the molecule is CC(NCC1CCCS1(=O)=O)c1ccc(Cl)c(Cl)c1. The van der Waals surface area contributed by atoms with Crippen molar-refractivity contribution < 1.29 is 8.42 Å². The normalized spacial score (nSPS) is 23.4. The zero-order valence-electron chi connectivity index (χ0n) is 10.7. The molecule has 106 valence electrons. The van der Waals surface area contributed by atoms with Crippen LogP contribution in [0.25, 0.3) is 0 Å². The van der Waals surface area contributed by atoms with Gasteiger partial charge in [0.1, 0.15) is 0 Å². The molecule has 2 unspecified atom stereocenters. The Bertz CT molecular complexity index is 560. The molecular weight excluding hydrogens is 305 g/mol. The Hall–Kier alpha value is -0.290. The summed E-state index contributed by atoms with van der Waals surface area (Å²) in [5, 5.41) is 4.05. The van der Waals surface area contributed by atoms with Crippen LogP contribution < -0.4 is 5.32 Å². The zero-order valence-corrected chi connectivity index (χ0v) is 13.0. The first-order valence-electron chi connectivity index (χ1n) is 6.30. The van der Waals surface area contributed by atoms with Crippen molar-refractivity contribution in [1.29, 1.82) is 0 Å². The van der Waals surface area contributed by atoms with E-state index >= 15 is 0 Å². The number of sulfone groups is 1. The lowest BCUT2D eigenvalue weighted by Gasteiger charge is -2.17. The summed E-state index contributed by atoms with van der Waals surface area (Å²) in [6.45, 7) is 2.48. The molecule has 19 heavy (non-hydrogen) atoms. The van der Waals surface area contributed by atoms with Crippen molar-refractivity contribution in [3.63, 3.8) is 0 Å². The summed E-state index contributed by atoms with van der Waals surface area (Å²) in [7, 11) is -2.89. The summed E-state index contributed by atoms with van der Waals surface area (Å²) >= 11 is 11.8. The quantitative estimate of drug-likeness (QED) is 0.926. The highest BCUT2D eigenvalue weighted by atomic mass is 35.5. The van der Waals surface area contributed by atoms with E-state index in [1.165, 1.54) is 0 Å². The van der Waals surface area contributed by atoms with Gasteiger partial charge in [-0.15, -0.1) is 0 Å². The lowest BCUT2D eigenvalue weighted by Crippen LogP contribution is -2.32. The second-order valence-electron chi connectivity index (χ2n) is 4.93. The van der Waals surface area contributed by atoms with Gasteiger partial charge in [0.25, 0.3) is 0 Å². The highest BCUT2D eigenvalue weighted by Gasteiger charge is 2.31. The maximum atomic E-state index is 11.7. The van der Waals surface area contributed by atoms with Crippen molar-refractivity contribution in [2.75, 3.05) is 12.3 Å². The van der Waals surface area contributed by atoms with Crippen LogP contribution in [0.15, 0.2) is 18.2 Å². The maximum absolute atomic E-state index is 11.7. The topological polar surface area (TPSA) is 46.2 Å². The van der Waals surface area contributed by atoms with E-state index in [9.17, 15) is 8.42 Å². The van der Waals surface area contributed by atoms with Gasteiger partial charge in [-0.1, -0.05) is 29.3 Å². The molecule has 1 aliphatic heterocycles. The van der Waals surface area contributed by atoms with E-state index in [-0.39, 0.29) is 11.3 Å². The lowest BCUT2D eigenvalue weighted by molar-refractivity contribution is 0.538. The van der Waals surface area contributed by atoms with E-state index in [0.29, 0.717) is 22.3 Å². The predicted octanol–water partition coefficient (Wildman–Crippen LogP) is 3.22. The van der Waals surface area contributed by atoms with Crippen molar-refractivity contribution in [1.82, 2.24) is 5.32 Å². The van der Waals surface area contributed by atoms with E-state index < -0.39 is 9.84 Å². The third-order valence-corrected chi connectivity index (χ3v) is 6.57. The van der Waals surface area contributed by atoms with Crippen LogP contribution >= 0.6 is 23.2 Å². The van der Waals surface area contributed by atoms with Gasteiger partial charge in [0.15, 0.2) is 9.84 Å². The van der Waals surface area contributed by atoms with Crippen molar-refractivity contribution in [2.24, 2.45) is 0 Å². The number of hydrogen-bond acceptors (Lipinski definition) is 3. The second-order valence-corrected chi connectivity index (χ2v) is 8.15. The Balaban J connectivity index is 1.98. The highest BCUT2D eigenvalue weighted by molar-refractivity contribution is 7.92. The summed E-state index contributed by atoms with van der Waals surface area (Å²) < 4.78 is 23.5. The molecule has 0 aromatic heterocycles. The first-order chi connectivity index (χ1) is 8.90. The van der Waals surface area contributed by atoms with Gasteiger partial charge in [-0.2, -0.15) is 0 Å². The number of halogens is 2. The standard InChI is InChI=1S/C13H17Cl2NO2S/c1-9(10-4-5-12(14)13(15)7-10)16-8-11-3-2-6-19(11,17)18/h4-5,7,9,11,16H,2-3,6,8H2,1H3. The Labute approximate surface area is 124 Å². The van der Waals surface area contributed by atoms with Crippen LogP contribution in [0.4, 0.5) is 0 Å². The minimum Gasteiger partial charge on any atom is -0.309 e. The Morgan fingerprint density at radius 2 is 2.11 bits per heavy atom. The summed E-state index contributed by atoms with van der Waals surface area (Å²) in [6.07, 6.45) is 1.53. The van der Waals surface area contributed by atoms with Crippen molar-refractivity contribution in [3.05, 3.63) is 33.8 Å². The molecule has 1 aromatic carbocycles. The molecular formula is C13H17Cl2NO2S. The molecule has 6 heteroatoms. The van der Waals surface area contributed by atoms with E-state index in [4.69, 9.17) is 23.2 Å². The first-order valence-corrected chi connectivity index (χ1v) is 8.77. The molecule has 3 nitrogen and oxygen atoms in total. The van der Waals surface area contributed by atoms with Gasteiger partial charge in [0.05, 0.1) is 21.0 Å². The van der Waals surface area contributed by atoms with Crippen LogP contribution in [0.3, 0.4) is 0 Å². The largest absolute Gasteiger partial charge is 0.309 e. The maximum Gasteiger partial charge on any atom is 0.154 e. The lowest BCUT2D eigenvalue weighted by atomic mass is 10.1. The molecule has 0 amide bonds. The van der Waals surface area contributed by atoms with Gasteiger partial charge in [0.2, 0.25) is 0 Å². The summed E-state index contributed by atoms with van der Waals surface area (Å²) in [4.78, 5) is 0. The van der Waals surface area contributed by atoms with Crippen molar-refractivity contribution in [3.8, 4) is 0 Å². The van der Waals surface area contributed by atoms with Gasteiger partial charge in [-0.3, -0.25) is 0 Å². The van der Waals surface area contributed by atoms with E-state index in [1.807, 2.05) is 19.1 Å². The van der Waals surface area contributed by atoms with Gasteiger partial charge in [-0.05, 0) is 37.5 Å². The molecule has 1 aliphatic rings. The monoisotopic (exact) mass is 321 g/mol. The van der Waals surface area contributed by atoms with Crippen LogP contribution in [-0.4, -0.2) is 26.0 Å². The number of hydrogen-bond donors (Lipinski definition) is 1. The highest BCUT2D eigenvalue weighted by Crippen LogP contribution is 2.26. The molecule has 2 atom stereocenters. The fourth-order valence-electron chi connectivity index (χ4n) is 2.30. The van der Waals surface area contributed by atoms with E-state index in [0.717, 1.165) is 18.4 Å². The Kier molecular flexibility index (Phi) is 4.77. The van der Waals surface area contributed by atoms with Crippen molar-refractivity contribution >= 4 is 33.0 Å². The Morgan fingerprint density at radius 1 is 1.37 bits per heavy atom. The molecule has 0 spiro atoms. The number of rotatable bonds is 4. The molecule has 0 saturated carbocycles. The van der Waals surface area contributed by atoms with Gasteiger partial charge in [0, 0.05) is 12.6 Å². The minimum atomic E-state index is -2.89. The predicted molar refractivity (Wildman–Crippen MR) is 79.7 cm³/mol. The summed E-state index contributed by atoms with van der Waals surface area (Å²) in [5.41, 5.74) is 1.00. The molecule has 1 N–H and O–H groups in total. The van der Waals surface area contributed by atoms with Crippen LogP contribution in [0.1, 0.15) is 31.4 Å². The molecule has 1 fully saturated rings. The van der Waals surface area contributed by atoms with Crippen LogP contribution in [0, 0.1) is 0 Å². The Morgan fingerprint density at radius 3 is 2.68 bits per heavy atom. The van der Waals surface area contributed by atoms with Crippen LogP contribution in [0.5, 0.6) is 0 Å². The molecule has 1 saturated heterocycles. The van der Waals surface area contributed by atoms with Crippen LogP contribution in [0.2, 0.25) is 10.0 Å². The van der Waals surface area contributed by atoms with Crippen molar-refractivity contribution in [2.45, 2.75) is 31.1 Å². The number of benzene rings is 1. The van der Waals surface area contributed by atoms with Crippen LogP contribution in [-0.2, 0) is 9.84 Å². The minimum absolute atomic E-state index is 0.0468. The summed E-state index contributed by atoms with van der Waals surface area (Å²) in [6, 6.07) is 5.51. The average molecular weight is 322 g/mol. The molecule has 1 heterocycles. The fourth-order valence-corrected chi connectivity index (χ4v) is 4.38. The smallest absolute Gasteiger partial charge is 0.154 e. The van der Waals surface area contributed by atoms with Gasteiger partial charge >= 0.3 is 0 Å². The second kappa shape index (κ2) is 6.00. The molecule has 2 rings (SSSR count). The first kappa shape index (κ1) is 15.1. The summed E-state index contributed by atoms with van der Waals surface area (Å²) in [5.74, 6) is 0.320. The molecule has 0 aliphatic carbocycles. The van der Waals surface area contributed by atoms with Gasteiger partial charge < -0.3 is 5.32 Å². The van der Waals surface area contributed by atoms with E-state index in [2.05, 4.69) is 5.32 Å². The third-order valence-electron chi connectivity index (χ3n) is 3.56. The fraction of sp³-hybridized carbons (Fsp3) is 0.538. The molecule has 1 aromatic rings. The average Bonchev–Trinajstić information content (AvgIpc) is 2.69. The van der Waals surface area contributed by atoms with E-state index in [1.54, 1.807) is 6.07 Å². The molecule has 0 bridgehead atoms. The third kappa shape index (κ3) is 3.63.